The summed E-state index contributed by atoms with van der Waals surface area (Å²) in [7, 11) is 1.51. The number of benzene rings is 2. The van der Waals surface area contributed by atoms with Gasteiger partial charge in [-0.2, -0.15) is 5.26 Å². The van der Waals surface area contributed by atoms with Gasteiger partial charge in [-0.15, -0.1) is 0 Å². The fourth-order valence-electron chi connectivity index (χ4n) is 2.26. The zero-order chi connectivity index (χ0) is 17.5. The molecular formula is C19H17FN2O2. The zero-order valence-electron chi connectivity index (χ0n) is 13.4. The van der Waals surface area contributed by atoms with Crippen LogP contribution in [0.1, 0.15) is 24.1 Å². The highest BCUT2D eigenvalue weighted by Gasteiger charge is 2.16. The summed E-state index contributed by atoms with van der Waals surface area (Å²) in [5.41, 5.74) is 1.99. The van der Waals surface area contributed by atoms with E-state index in [1.165, 1.54) is 25.3 Å². The van der Waals surface area contributed by atoms with Crippen LogP contribution in [0.2, 0.25) is 0 Å². The second kappa shape index (κ2) is 7.93. The van der Waals surface area contributed by atoms with Crippen LogP contribution in [0.4, 0.5) is 4.39 Å². The smallest absolute Gasteiger partial charge is 0.245 e. The molecule has 0 aliphatic rings. The Labute approximate surface area is 140 Å². The maximum Gasteiger partial charge on any atom is 0.245 e. The second-order valence-corrected chi connectivity index (χ2v) is 5.15. The number of carbonyl (C=O) groups excluding carboxylic acids is 1. The molecule has 122 valence electrons. The first kappa shape index (κ1) is 17.2. The number of nitrogens with zero attached hydrogens (tertiary/aromatic N) is 1. The summed E-state index contributed by atoms with van der Waals surface area (Å²) in [6.07, 6.45) is 1.38. The van der Waals surface area contributed by atoms with E-state index in [1.54, 1.807) is 43.3 Å². The summed E-state index contributed by atoms with van der Waals surface area (Å²) in [4.78, 5) is 12.2. The molecule has 0 aliphatic heterocycles. The highest BCUT2D eigenvalue weighted by molar-refractivity contribution is 5.95. The van der Waals surface area contributed by atoms with Crippen LogP contribution in [0.15, 0.2) is 54.6 Å². The molecule has 2 rings (SSSR count). The minimum atomic E-state index is -0.828. The molecule has 5 heteroatoms. The van der Waals surface area contributed by atoms with Crippen molar-refractivity contribution in [2.45, 2.75) is 13.0 Å². The van der Waals surface area contributed by atoms with Gasteiger partial charge in [0.2, 0.25) is 5.91 Å². The molecule has 1 atom stereocenters. The number of methoxy groups -OCH3 is 1. The van der Waals surface area contributed by atoms with E-state index in [0.717, 1.165) is 5.56 Å². The van der Waals surface area contributed by atoms with Gasteiger partial charge in [-0.3, -0.25) is 4.79 Å². The normalized spacial score (nSPS) is 12.2. The van der Waals surface area contributed by atoms with Crippen LogP contribution in [0.25, 0.3) is 5.57 Å². The van der Waals surface area contributed by atoms with Crippen LogP contribution in [0.5, 0.6) is 5.75 Å². The van der Waals surface area contributed by atoms with Crippen molar-refractivity contribution >= 4 is 11.5 Å². The topological polar surface area (TPSA) is 62.1 Å². The van der Waals surface area contributed by atoms with Crippen molar-refractivity contribution in [3.63, 3.8) is 0 Å². The average molecular weight is 324 g/mol. The number of amides is 1. The lowest BCUT2D eigenvalue weighted by atomic mass is 10.1. The molecule has 2 aromatic rings. The third-order valence-corrected chi connectivity index (χ3v) is 3.51. The number of carbonyl (C=O) groups is 1. The lowest BCUT2D eigenvalue weighted by molar-refractivity contribution is -0.116. The van der Waals surface area contributed by atoms with Crippen molar-refractivity contribution in [3.05, 3.63) is 71.6 Å². The number of nitrogens with one attached hydrogen (secondary N) is 1. The Kier molecular flexibility index (Phi) is 5.69. The summed E-state index contributed by atoms with van der Waals surface area (Å²) < 4.78 is 18.2. The van der Waals surface area contributed by atoms with E-state index in [2.05, 4.69) is 11.4 Å². The van der Waals surface area contributed by atoms with E-state index in [4.69, 9.17) is 4.74 Å². The predicted octanol–water partition coefficient (Wildman–Crippen LogP) is 3.62. The van der Waals surface area contributed by atoms with Crippen LogP contribution < -0.4 is 10.1 Å². The van der Waals surface area contributed by atoms with Crippen LogP contribution in [0.3, 0.4) is 0 Å². The molecule has 1 unspecified atom stereocenters. The summed E-state index contributed by atoms with van der Waals surface area (Å²) in [6, 6.07) is 14.1. The highest BCUT2D eigenvalue weighted by atomic mass is 19.1. The van der Waals surface area contributed by atoms with Crippen LogP contribution >= 0.6 is 0 Å². The van der Waals surface area contributed by atoms with Gasteiger partial charge in [0.05, 0.1) is 13.2 Å². The molecule has 0 radical (unpaired) electrons. The molecule has 4 nitrogen and oxygen atoms in total. The lowest BCUT2D eigenvalue weighted by Gasteiger charge is -2.14. The summed E-state index contributed by atoms with van der Waals surface area (Å²) in [5.74, 6) is -0.213. The van der Waals surface area contributed by atoms with E-state index in [0.29, 0.717) is 16.9 Å². The van der Waals surface area contributed by atoms with Crippen molar-refractivity contribution in [3.8, 4) is 11.8 Å². The Hall–Kier alpha value is -3.13. The molecule has 0 saturated heterocycles. The monoisotopic (exact) mass is 324 g/mol. The number of halogens is 1. The van der Waals surface area contributed by atoms with Gasteiger partial charge in [0.25, 0.3) is 0 Å². The Balaban J connectivity index is 2.16. The number of para-hydroxylation sites is 1. The van der Waals surface area contributed by atoms with Gasteiger partial charge in [0.15, 0.2) is 0 Å². The third kappa shape index (κ3) is 4.20. The molecule has 0 spiro atoms. The minimum absolute atomic E-state index is 0.336. The number of nitriles is 1. The standard InChI is InChI=1S/C19H17FN2O2/c1-13(14-7-9-15(20)10-8-14)11-19(23)22-17(12-21)16-5-3-4-6-18(16)24-2/h3-11,17H,1-2H3,(H,22,23)/b13-11-. The van der Waals surface area contributed by atoms with Gasteiger partial charge in [-0.05, 0) is 36.3 Å². The average Bonchev–Trinajstić information content (AvgIpc) is 2.60. The van der Waals surface area contributed by atoms with E-state index in [1.807, 2.05) is 0 Å². The van der Waals surface area contributed by atoms with Crippen LogP contribution in [0, 0.1) is 17.1 Å². The fraction of sp³-hybridized carbons (Fsp3) is 0.158. The maximum atomic E-state index is 12.9. The first-order valence-corrected chi connectivity index (χ1v) is 7.32. The maximum absolute atomic E-state index is 12.9. The van der Waals surface area contributed by atoms with Gasteiger partial charge in [-0.1, -0.05) is 30.3 Å². The van der Waals surface area contributed by atoms with Gasteiger partial charge >= 0.3 is 0 Å². The van der Waals surface area contributed by atoms with E-state index in [9.17, 15) is 14.4 Å². The Morgan fingerprint density at radius 3 is 2.54 bits per heavy atom. The van der Waals surface area contributed by atoms with Crippen molar-refractivity contribution in [1.29, 1.82) is 5.26 Å². The van der Waals surface area contributed by atoms with Crippen molar-refractivity contribution in [2.75, 3.05) is 7.11 Å². The molecule has 0 aromatic heterocycles. The fourth-order valence-corrected chi connectivity index (χ4v) is 2.26. The molecule has 0 aliphatic carbocycles. The van der Waals surface area contributed by atoms with Crippen LogP contribution in [-0.4, -0.2) is 13.0 Å². The predicted molar refractivity (Wildman–Crippen MR) is 89.5 cm³/mol. The van der Waals surface area contributed by atoms with Crippen molar-refractivity contribution in [2.24, 2.45) is 0 Å². The van der Waals surface area contributed by atoms with Gasteiger partial charge in [0, 0.05) is 11.6 Å². The first-order valence-electron chi connectivity index (χ1n) is 7.32. The number of hydrogen-bond donors (Lipinski definition) is 1. The minimum Gasteiger partial charge on any atom is -0.496 e. The first-order chi connectivity index (χ1) is 11.5. The summed E-state index contributed by atoms with van der Waals surface area (Å²) in [6.45, 7) is 1.75. The van der Waals surface area contributed by atoms with Crippen molar-refractivity contribution in [1.82, 2.24) is 5.32 Å². The van der Waals surface area contributed by atoms with Gasteiger partial charge < -0.3 is 10.1 Å². The van der Waals surface area contributed by atoms with Gasteiger partial charge in [-0.25, -0.2) is 4.39 Å². The number of ether oxygens (including phenoxy) is 1. The molecule has 0 saturated carbocycles. The van der Waals surface area contributed by atoms with Gasteiger partial charge in [0.1, 0.15) is 17.6 Å². The molecule has 0 fully saturated rings. The van der Waals surface area contributed by atoms with E-state index >= 15 is 0 Å². The number of allylic oxidation sites excluding steroid dienone is 1. The molecule has 1 amide bonds. The third-order valence-electron chi connectivity index (χ3n) is 3.51. The lowest BCUT2D eigenvalue weighted by Crippen LogP contribution is -2.26. The number of hydrogen-bond acceptors (Lipinski definition) is 3. The Morgan fingerprint density at radius 2 is 1.92 bits per heavy atom. The zero-order valence-corrected chi connectivity index (χ0v) is 13.4. The molecular weight excluding hydrogens is 307 g/mol. The molecule has 0 heterocycles. The molecule has 1 N–H and O–H groups in total. The van der Waals surface area contributed by atoms with E-state index in [-0.39, 0.29) is 5.82 Å². The second-order valence-electron chi connectivity index (χ2n) is 5.15. The Morgan fingerprint density at radius 1 is 1.25 bits per heavy atom. The van der Waals surface area contributed by atoms with E-state index < -0.39 is 11.9 Å². The largest absolute Gasteiger partial charge is 0.496 e. The summed E-state index contributed by atoms with van der Waals surface area (Å²) >= 11 is 0. The quantitative estimate of drug-likeness (QED) is 0.855. The molecule has 2 aromatic carbocycles. The SMILES string of the molecule is COc1ccccc1C(C#N)NC(=O)/C=C(/C)c1ccc(F)cc1. The van der Waals surface area contributed by atoms with Crippen molar-refractivity contribution < 1.29 is 13.9 Å². The van der Waals surface area contributed by atoms with Crippen LogP contribution in [-0.2, 0) is 4.79 Å². The Bertz CT molecular complexity index is 792. The molecule has 0 bridgehead atoms. The molecule has 24 heavy (non-hydrogen) atoms. The summed E-state index contributed by atoms with van der Waals surface area (Å²) in [5, 5.41) is 12.0. The highest BCUT2D eigenvalue weighted by Crippen LogP contribution is 2.24. The number of rotatable bonds is 5.